The number of hydrogen-bond acceptors (Lipinski definition) is 2. The highest BCUT2D eigenvalue weighted by Gasteiger charge is 2.25. The molecule has 0 radical (unpaired) electrons. The lowest BCUT2D eigenvalue weighted by Crippen LogP contribution is -2.43. The summed E-state index contributed by atoms with van der Waals surface area (Å²) in [5.74, 6) is -0.301. The van der Waals surface area contributed by atoms with Gasteiger partial charge in [-0.3, -0.25) is 4.79 Å². The normalized spacial score (nSPS) is 13.7. The van der Waals surface area contributed by atoms with E-state index in [0.29, 0.717) is 11.1 Å². The van der Waals surface area contributed by atoms with Gasteiger partial charge in [0.15, 0.2) is 5.72 Å². The Balaban J connectivity index is 2.17. The molecule has 18 heavy (non-hydrogen) atoms. The fourth-order valence-electron chi connectivity index (χ4n) is 1.72. The van der Waals surface area contributed by atoms with Gasteiger partial charge in [-0.15, -0.1) is 0 Å². The number of carbonyl (C=O) groups is 1. The fraction of sp³-hybridized carbons (Fsp3) is 0.133. The maximum Gasteiger partial charge on any atom is 0.253 e. The summed E-state index contributed by atoms with van der Waals surface area (Å²) in [6.45, 7) is 1.56. The molecule has 0 heterocycles. The molecule has 0 aliphatic rings. The van der Waals surface area contributed by atoms with E-state index < -0.39 is 5.72 Å². The van der Waals surface area contributed by atoms with Crippen molar-refractivity contribution in [3.05, 3.63) is 71.8 Å². The van der Waals surface area contributed by atoms with Crippen molar-refractivity contribution in [1.82, 2.24) is 5.32 Å². The van der Waals surface area contributed by atoms with Crippen LogP contribution in [0.1, 0.15) is 22.8 Å². The summed E-state index contributed by atoms with van der Waals surface area (Å²) in [6, 6.07) is 17.9. The van der Waals surface area contributed by atoms with Crippen molar-refractivity contribution in [2.75, 3.05) is 0 Å². The molecule has 2 N–H and O–H groups in total. The van der Waals surface area contributed by atoms with Crippen LogP contribution in [0.3, 0.4) is 0 Å². The molecule has 2 aromatic carbocycles. The predicted octanol–water partition coefficient (Wildman–Crippen LogP) is 2.28. The highest BCUT2D eigenvalue weighted by Crippen LogP contribution is 2.17. The van der Waals surface area contributed by atoms with Gasteiger partial charge in [-0.25, -0.2) is 0 Å². The Bertz CT molecular complexity index is 521. The number of benzene rings is 2. The number of carbonyl (C=O) groups excluding carboxylic acids is 1. The van der Waals surface area contributed by atoms with E-state index >= 15 is 0 Å². The van der Waals surface area contributed by atoms with Gasteiger partial charge in [0.25, 0.3) is 5.91 Å². The van der Waals surface area contributed by atoms with E-state index in [0.717, 1.165) is 0 Å². The van der Waals surface area contributed by atoms with E-state index in [2.05, 4.69) is 5.32 Å². The van der Waals surface area contributed by atoms with Gasteiger partial charge in [0.05, 0.1) is 0 Å². The maximum atomic E-state index is 12.0. The van der Waals surface area contributed by atoms with Crippen LogP contribution in [-0.2, 0) is 5.72 Å². The van der Waals surface area contributed by atoms with Gasteiger partial charge in [0.1, 0.15) is 0 Å². The Morgan fingerprint density at radius 2 is 1.50 bits per heavy atom. The lowest BCUT2D eigenvalue weighted by Gasteiger charge is -2.25. The van der Waals surface area contributed by atoms with Crippen LogP contribution in [0, 0.1) is 0 Å². The molecule has 3 heteroatoms. The molecule has 1 unspecified atom stereocenters. The number of amides is 1. The third-order valence-corrected chi connectivity index (χ3v) is 2.73. The summed E-state index contributed by atoms with van der Waals surface area (Å²) in [4.78, 5) is 12.0. The average Bonchev–Trinajstić information content (AvgIpc) is 2.40. The molecule has 0 fully saturated rings. The topological polar surface area (TPSA) is 49.3 Å². The van der Waals surface area contributed by atoms with Gasteiger partial charge in [-0.05, 0) is 19.1 Å². The molecular formula is C15H15NO2. The molecule has 0 spiro atoms. The summed E-state index contributed by atoms with van der Waals surface area (Å²) in [5.41, 5.74) is -0.211. The second-order valence-corrected chi connectivity index (χ2v) is 4.26. The Labute approximate surface area is 106 Å². The van der Waals surface area contributed by atoms with Gasteiger partial charge in [-0.2, -0.15) is 0 Å². The summed E-state index contributed by atoms with van der Waals surface area (Å²) in [7, 11) is 0. The van der Waals surface area contributed by atoms with Crippen LogP contribution in [0.25, 0.3) is 0 Å². The fourth-order valence-corrected chi connectivity index (χ4v) is 1.72. The van der Waals surface area contributed by atoms with Gasteiger partial charge >= 0.3 is 0 Å². The van der Waals surface area contributed by atoms with Crippen LogP contribution in [0.2, 0.25) is 0 Å². The molecule has 2 rings (SSSR count). The molecule has 0 bridgehead atoms. The first-order valence-corrected chi connectivity index (χ1v) is 5.75. The minimum absolute atomic E-state index is 0.301. The van der Waals surface area contributed by atoms with Crippen molar-refractivity contribution >= 4 is 5.91 Å². The minimum Gasteiger partial charge on any atom is -0.367 e. The highest BCUT2D eigenvalue weighted by atomic mass is 16.3. The van der Waals surface area contributed by atoms with Crippen molar-refractivity contribution in [3.8, 4) is 0 Å². The van der Waals surface area contributed by atoms with E-state index in [-0.39, 0.29) is 5.91 Å². The van der Waals surface area contributed by atoms with Crippen molar-refractivity contribution < 1.29 is 9.90 Å². The molecule has 92 valence electrons. The molecule has 1 atom stereocenters. The van der Waals surface area contributed by atoms with Gasteiger partial charge < -0.3 is 10.4 Å². The monoisotopic (exact) mass is 241 g/mol. The quantitative estimate of drug-likeness (QED) is 0.810. The minimum atomic E-state index is -1.38. The zero-order valence-corrected chi connectivity index (χ0v) is 10.1. The van der Waals surface area contributed by atoms with E-state index in [1.165, 1.54) is 0 Å². The molecule has 3 nitrogen and oxygen atoms in total. The Hall–Kier alpha value is -2.13. The summed E-state index contributed by atoms with van der Waals surface area (Å²) in [5, 5.41) is 12.9. The van der Waals surface area contributed by atoms with Crippen LogP contribution in [0.5, 0.6) is 0 Å². The summed E-state index contributed by atoms with van der Waals surface area (Å²) < 4.78 is 0. The van der Waals surface area contributed by atoms with Crippen LogP contribution >= 0.6 is 0 Å². The third kappa shape index (κ3) is 2.76. The molecular weight excluding hydrogens is 226 g/mol. The van der Waals surface area contributed by atoms with Crippen LogP contribution in [-0.4, -0.2) is 11.0 Å². The first-order valence-electron chi connectivity index (χ1n) is 5.75. The third-order valence-electron chi connectivity index (χ3n) is 2.73. The number of nitrogens with one attached hydrogen (secondary N) is 1. The smallest absolute Gasteiger partial charge is 0.253 e. The van der Waals surface area contributed by atoms with Crippen molar-refractivity contribution in [2.45, 2.75) is 12.6 Å². The van der Waals surface area contributed by atoms with E-state index in [1.807, 2.05) is 24.3 Å². The molecule has 0 saturated heterocycles. The number of aliphatic hydroxyl groups is 1. The number of rotatable bonds is 3. The van der Waals surface area contributed by atoms with E-state index in [9.17, 15) is 9.90 Å². The molecule has 0 saturated carbocycles. The van der Waals surface area contributed by atoms with E-state index in [1.54, 1.807) is 43.3 Å². The first kappa shape index (κ1) is 12.3. The Morgan fingerprint density at radius 3 is 2.06 bits per heavy atom. The Kier molecular flexibility index (Phi) is 3.44. The maximum absolute atomic E-state index is 12.0. The second kappa shape index (κ2) is 5.02. The van der Waals surface area contributed by atoms with Gasteiger partial charge in [0.2, 0.25) is 0 Å². The summed E-state index contributed by atoms with van der Waals surface area (Å²) >= 11 is 0. The average molecular weight is 241 g/mol. The molecule has 0 aliphatic heterocycles. The van der Waals surface area contributed by atoms with Crippen LogP contribution in [0.4, 0.5) is 0 Å². The molecule has 2 aromatic rings. The SMILES string of the molecule is CC(O)(NC(=O)c1ccccc1)c1ccccc1. The standard InChI is InChI=1S/C15H15NO2/c1-15(18,13-10-6-3-7-11-13)16-14(17)12-8-4-2-5-9-12/h2-11,18H,1H3,(H,16,17). The number of hydrogen-bond donors (Lipinski definition) is 2. The zero-order valence-electron chi connectivity index (χ0n) is 10.1. The summed E-state index contributed by atoms with van der Waals surface area (Å²) in [6.07, 6.45) is 0. The molecule has 0 aliphatic carbocycles. The van der Waals surface area contributed by atoms with Gasteiger partial charge in [0, 0.05) is 11.1 Å². The van der Waals surface area contributed by atoms with Crippen molar-refractivity contribution in [2.24, 2.45) is 0 Å². The lowest BCUT2D eigenvalue weighted by atomic mass is 10.0. The zero-order chi connectivity index (χ0) is 13.0. The Morgan fingerprint density at radius 1 is 1.00 bits per heavy atom. The van der Waals surface area contributed by atoms with Crippen molar-refractivity contribution in [1.29, 1.82) is 0 Å². The van der Waals surface area contributed by atoms with Crippen LogP contribution < -0.4 is 5.32 Å². The van der Waals surface area contributed by atoms with Crippen molar-refractivity contribution in [3.63, 3.8) is 0 Å². The van der Waals surface area contributed by atoms with E-state index in [4.69, 9.17) is 0 Å². The predicted molar refractivity (Wildman–Crippen MR) is 69.9 cm³/mol. The molecule has 0 aromatic heterocycles. The highest BCUT2D eigenvalue weighted by molar-refractivity contribution is 5.94. The van der Waals surface area contributed by atoms with Crippen LogP contribution in [0.15, 0.2) is 60.7 Å². The first-order chi connectivity index (χ1) is 8.59. The second-order valence-electron chi connectivity index (χ2n) is 4.26. The molecule has 1 amide bonds. The largest absolute Gasteiger partial charge is 0.367 e. The van der Waals surface area contributed by atoms with Gasteiger partial charge in [-0.1, -0.05) is 48.5 Å². The lowest BCUT2D eigenvalue weighted by molar-refractivity contribution is 0.0197.